The zero-order valence-corrected chi connectivity index (χ0v) is 17.4. The van der Waals surface area contributed by atoms with Crippen molar-refractivity contribution in [1.82, 2.24) is 14.7 Å². The molecule has 1 aromatic heterocycles. The number of benzene rings is 1. The zero-order chi connectivity index (χ0) is 22.2. The first-order chi connectivity index (χ1) is 15.0. The van der Waals surface area contributed by atoms with E-state index in [1.54, 1.807) is 6.92 Å². The molecule has 1 aliphatic rings. The first-order valence-electron chi connectivity index (χ1n) is 10.1. The number of nitro groups is 1. The molecule has 1 aliphatic heterocycles. The van der Waals surface area contributed by atoms with Crippen molar-refractivity contribution in [2.24, 2.45) is 0 Å². The second-order valence-electron chi connectivity index (χ2n) is 7.07. The summed E-state index contributed by atoms with van der Waals surface area (Å²) < 4.78 is 6.70. The highest BCUT2D eigenvalue weighted by atomic mass is 16.6. The van der Waals surface area contributed by atoms with Crippen LogP contribution >= 0.6 is 0 Å². The third kappa shape index (κ3) is 6.25. The van der Waals surface area contributed by atoms with Crippen LogP contribution in [0.5, 0.6) is 0 Å². The topological polar surface area (TPSA) is 123 Å². The van der Waals surface area contributed by atoms with Crippen LogP contribution in [0.25, 0.3) is 0 Å². The standard InChI is InChI=1S/C20H26N6O5/c1-2-23(20(28)7-8-25-14-18(13-21-25)26(29)30)15-19(27)22-16-3-5-17(6-4-16)24-9-11-31-12-10-24/h3-6,13-14H,2,7-12,15H2,1H3,(H,22,27). The molecule has 166 valence electrons. The molecule has 2 amide bonds. The van der Waals surface area contributed by atoms with E-state index >= 15 is 0 Å². The van der Waals surface area contributed by atoms with Gasteiger partial charge in [-0.1, -0.05) is 0 Å². The molecule has 31 heavy (non-hydrogen) atoms. The number of nitrogens with one attached hydrogen (secondary N) is 1. The molecule has 0 saturated carbocycles. The minimum atomic E-state index is -0.540. The lowest BCUT2D eigenvalue weighted by Crippen LogP contribution is -2.38. The van der Waals surface area contributed by atoms with E-state index in [2.05, 4.69) is 15.3 Å². The van der Waals surface area contributed by atoms with Gasteiger partial charge in [-0.3, -0.25) is 24.4 Å². The minimum absolute atomic E-state index is 0.0696. The number of nitrogens with zero attached hydrogens (tertiary/aromatic N) is 5. The normalized spacial score (nSPS) is 13.6. The van der Waals surface area contributed by atoms with Gasteiger partial charge in [0.05, 0.1) is 24.7 Å². The summed E-state index contributed by atoms with van der Waals surface area (Å²) in [5.74, 6) is -0.512. The highest BCUT2D eigenvalue weighted by Gasteiger charge is 2.17. The number of likely N-dealkylation sites (N-methyl/N-ethyl adjacent to an activating group) is 1. The van der Waals surface area contributed by atoms with Crippen molar-refractivity contribution in [1.29, 1.82) is 0 Å². The Hall–Kier alpha value is -3.47. The lowest BCUT2D eigenvalue weighted by molar-refractivity contribution is -0.385. The van der Waals surface area contributed by atoms with Crippen molar-refractivity contribution in [2.75, 3.05) is 49.6 Å². The minimum Gasteiger partial charge on any atom is -0.378 e. The van der Waals surface area contributed by atoms with Crippen LogP contribution < -0.4 is 10.2 Å². The van der Waals surface area contributed by atoms with Crippen LogP contribution in [0.4, 0.5) is 17.1 Å². The van der Waals surface area contributed by atoms with Crippen LogP contribution in [0.3, 0.4) is 0 Å². The molecule has 1 aromatic carbocycles. The number of aryl methyl sites for hydroxylation is 1. The highest BCUT2D eigenvalue weighted by molar-refractivity contribution is 5.94. The molecular weight excluding hydrogens is 404 g/mol. The van der Waals surface area contributed by atoms with Gasteiger partial charge in [-0.25, -0.2) is 0 Å². The molecular formula is C20H26N6O5. The quantitative estimate of drug-likeness (QED) is 0.472. The Balaban J connectivity index is 1.48. The summed E-state index contributed by atoms with van der Waals surface area (Å²) in [4.78, 5) is 38.7. The van der Waals surface area contributed by atoms with Gasteiger partial charge in [-0.15, -0.1) is 0 Å². The molecule has 11 heteroatoms. The number of hydrogen-bond donors (Lipinski definition) is 1. The van der Waals surface area contributed by atoms with Crippen LogP contribution in [0.1, 0.15) is 13.3 Å². The monoisotopic (exact) mass is 430 g/mol. The molecule has 0 unspecified atom stereocenters. The molecule has 0 aliphatic carbocycles. The first kappa shape index (κ1) is 22.2. The van der Waals surface area contributed by atoms with Crippen molar-refractivity contribution in [2.45, 2.75) is 19.9 Å². The van der Waals surface area contributed by atoms with Gasteiger partial charge in [0.2, 0.25) is 11.8 Å². The van der Waals surface area contributed by atoms with Gasteiger partial charge in [0.25, 0.3) is 0 Å². The predicted molar refractivity (Wildman–Crippen MR) is 114 cm³/mol. The third-order valence-corrected chi connectivity index (χ3v) is 4.98. The fraction of sp³-hybridized carbons (Fsp3) is 0.450. The van der Waals surface area contributed by atoms with Gasteiger partial charge >= 0.3 is 5.69 Å². The number of aromatic nitrogens is 2. The van der Waals surface area contributed by atoms with Crippen LogP contribution in [0, 0.1) is 10.1 Å². The molecule has 1 N–H and O–H groups in total. The van der Waals surface area contributed by atoms with Crippen molar-refractivity contribution < 1.29 is 19.2 Å². The largest absolute Gasteiger partial charge is 0.378 e. The summed E-state index contributed by atoms with van der Waals surface area (Å²) in [5.41, 5.74) is 1.61. The maximum atomic E-state index is 12.5. The van der Waals surface area contributed by atoms with E-state index in [0.717, 1.165) is 25.0 Å². The van der Waals surface area contributed by atoms with E-state index in [-0.39, 0.29) is 37.0 Å². The Bertz CT molecular complexity index is 907. The fourth-order valence-electron chi connectivity index (χ4n) is 3.26. The molecule has 3 rings (SSSR count). The second kappa shape index (κ2) is 10.5. The molecule has 1 fully saturated rings. The van der Waals surface area contributed by atoms with E-state index < -0.39 is 4.92 Å². The second-order valence-corrected chi connectivity index (χ2v) is 7.07. The van der Waals surface area contributed by atoms with E-state index in [9.17, 15) is 19.7 Å². The summed E-state index contributed by atoms with van der Waals surface area (Å²) in [6, 6.07) is 7.58. The molecule has 0 atom stereocenters. The molecule has 2 aromatic rings. The molecule has 11 nitrogen and oxygen atoms in total. The number of amides is 2. The molecule has 0 radical (unpaired) electrons. The van der Waals surface area contributed by atoms with Crippen molar-refractivity contribution in [3.63, 3.8) is 0 Å². The summed E-state index contributed by atoms with van der Waals surface area (Å²) in [7, 11) is 0. The fourth-order valence-corrected chi connectivity index (χ4v) is 3.26. The van der Waals surface area contributed by atoms with E-state index in [1.807, 2.05) is 24.3 Å². The molecule has 0 spiro atoms. The van der Waals surface area contributed by atoms with Crippen molar-refractivity contribution in [3.05, 3.63) is 46.8 Å². The molecule has 1 saturated heterocycles. The van der Waals surface area contributed by atoms with Gasteiger partial charge in [0, 0.05) is 44.0 Å². The van der Waals surface area contributed by atoms with Crippen LogP contribution in [0.2, 0.25) is 0 Å². The first-order valence-corrected chi connectivity index (χ1v) is 10.1. The lowest BCUT2D eigenvalue weighted by atomic mass is 10.2. The molecule has 0 bridgehead atoms. The summed E-state index contributed by atoms with van der Waals surface area (Å²) in [5, 5.41) is 17.4. The maximum Gasteiger partial charge on any atom is 0.306 e. The number of carbonyl (C=O) groups is 2. The van der Waals surface area contributed by atoms with Gasteiger partial charge in [-0.05, 0) is 31.2 Å². The van der Waals surface area contributed by atoms with Gasteiger partial charge in [-0.2, -0.15) is 5.10 Å². The Morgan fingerprint density at radius 1 is 1.26 bits per heavy atom. The average molecular weight is 430 g/mol. The van der Waals surface area contributed by atoms with E-state index in [0.29, 0.717) is 25.4 Å². The maximum absolute atomic E-state index is 12.5. The van der Waals surface area contributed by atoms with Crippen LogP contribution in [-0.4, -0.2) is 70.8 Å². The Kier molecular flexibility index (Phi) is 7.55. The van der Waals surface area contributed by atoms with Gasteiger partial charge in [0.1, 0.15) is 12.4 Å². The highest BCUT2D eigenvalue weighted by Crippen LogP contribution is 2.19. The molecule has 2 heterocycles. The van der Waals surface area contributed by atoms with Crippen molar-refractivity contribution in [3.8, 4) is 0 Å². The van der Waals surface area contributed by atoms with Crippen LogP contribution in [-0.2, 0) is 20.9 Å². The lowest BCUT2D eigenvalue weighted by Gasteiger charge is -2.29. The van der Waals surface area contributed by atoms with Gasteiger partial charge < -0.3 is 19.9 Å². The van der Waals surface area contributed by atoms with Crippen molar-refractivity contribution >= 4 is 28.9 Å². The Morgan fingerprint density at radius 3 is 2.58 bits per heavy atom. The van der Waals surface area contributed by atoms with E-state index in [4.69, 9.17) is 4.74 Å². The predicted octanol–water partition coefficient (Wildman–Crippen LogP) is 1.51. The Morgan fingerprint density at radius 2 is 1.97 bits per heavy atom. The number of anilines is 2. The number of hydrogen-bond acceptors (Lipinski definition) is 7. The van der Waals surface area contributed by atoms with E-state index in [1.165, 1.54) is 15.8 Å². The Labute approximate surface area is 179 Å². The van der Waals surface area contributed by atoms with Gasteiger partial charge in [0.15, 0.2) is 0 Å². The zero-order valence-electron chi connectivity index (χ0n) is 17.4. The number of ether oxygens (including phenoxy) is 1. The summed E-state index contributed by atoms with van der Waals surface area (Å²) in [6.45, 7) is 5.39. The number of carbonyl (C=O) groups excluding carboxylic acids is 2. The smallest absolute Gasteiger partial charge is 0.306 e. The SMILES string of the molecule is CCN(CC(=O)Nc1ccc(N2CCOCC2)cc1)C(=O)CCn1cc([N+](=O)[O-])cn1. The third-order valence-electron chi connectivity index (χ3n) is 4.98. The average Bonchev–Trinajstić information content (AvgIpc) is 3.26. The summed E-state index contributed by atoms with van der Waals surface area (Å²) in [6.07, 6.45) is 2.50. The number of morpholine rings is 1. The summed E-state index contributed by atoms with van der Waals surface area (Å²) >= 11 is 0. The van der Waals surface area contributed by atoms with Crippen LogP contribution in [0.15, 0.2) is 36.7 Å². The number of rotatable bonds is 9.